The molecule has 2 aromatic rings. The van der Waals surface area contributed by atoms with Gasteiger partial charge in [0.2, 0.25) is 5.91 Å². The summed E-state index contributed by atoms with van der Waals surface area (Å²) in [6.07, 6.45) is 2.32. The van der Waals surface area contributed by atoms with Gasteiger partial charge in [0.15, 0.2) is 0 Å². The van der Waals surface area contributed by atoms with Crippen molar-refractivity contribution in [2.45, 2.75) is 32.7 Å². The second kappa shape index (κ2) is 6.63. The third kappa shape index (κ3) is 3.23. The number of nitrogens with one attached hydrogen (secondary N) is 1. The van der Waals surface area contributed by atoms with E-state index < -0.39 is 0 Å². The van der Waals surface area contributed by atoms with Crippen LogP contribution in [-0.4, -0.2) is 23.9 Å². The molecule has 2 heterocycles. The van der Waals surface area contributed by atoms with Crippen LogP contribution in [-0.2, 0) is 4.79 Å². The summed E-state index contributed by atoms with van der Waals surface area (Å²) in [7, 11) is 0. The summed E-state index contributed by atoms with van der Waals surface area (Å²) in [6, 6.07) is 10.7. The second-order valence-electron chi connectivity index (χ2n) is 5.94. The number of carbonyl (C=O) groups is 1. The van der Waals surface area contributed by atoms with Crippen LogP contribution in [0.15, 0.2) is 35.7 Å². The van der Waals surface area contributed by atoms with Crippen LogP contribution in [0.3, 0.4) is 0 Å². The highest BCUT2D eigenvalue weighted by Crippen LogP contribution is 2.34. The van der Waals surface area contributed by atoms with Crippen molar-refractivity contribution in [3.63, 3.8) is 0 Å². The largest absolute Gasteiger partial charge is 0.325 e. The molecule has 22 heavy (non-hydrogen) atoms. The Hall–Kier alpha value is -1.65. The monoisotopic (exact) mass is 314 g/mol. The van der Waals surface area contributed by atoms with Gasteiger partial charge in [-0.1, -0.05) is 18.2 Å². The summed E-state index contributed by atoms with van der Waals surface area (Å²) in [5.74, 6) is 0.0807. The highest BCUT2D eigenvalue weighted by molar-refractivity contribution is 7.10. The first-order valence-corrected chi connectivity index (χ1v) is 8.66. The molecule has 3 rings (SSSR count). The van der Waals surface area contributed by atoms with E-state index in [1.165, 1.54) is 16.9 Å². The van der Waals surface area contributed by atoms with Crippen LogP contribution in [0.5, 0.6) is 0 Å². The minimum absolute atomic E-state index is 0.0807. The van der Waals surface area contributed by atoms with Crippen LogP contribution >= 0.6 is 11.3 Å². The molecule has 0 unspecified atom stereocenters. The Balaban J connectivity index is 1.65. The number of hydrogen-bond acceptors (Lipinski definition) is 3. The zero-order valence-electron chi connectivity index (χ0n) is 13.1. The van der Waals surface area contributed by atoms with Crippen molar-refractivity contribution in [1.29, 1.82) is 0 Å². The van der Waals surface area contributed by atoms with Crippen molar-refractivity contribution in [2.75, 3.05) is 18.4 Å². The molecule has 0 bridgehead atoms. The number of aryl methyl sites for hydroxylation is 1. The topological polar surface area (TPSA) is 32.3 Å². The molecule has 1 aromatic heterocycles. The van der Waals surface area contributed by atoms with E-state index in [4.69, 9.17) is 0 Å². The molecule has 116 valence electrons. The summed E-state index contributed by atoms with van der Waals surface area (Å²) in [4.78, 5) is 16.1. The first kappa shape index (κ1) is 15.3. The molecule has 0 radical (unpaired) electrons. The molecule has 1 aliphatic heterocycles. The van der Waals surface area contributed by atoms with Gasteiger partial charge < -0.3 is 5.32 Å². The number of amides is 1. The van der Waals surface area contributed by atoms with Crippen LogP contribution in [0, 0.1) is 13.8 Å². The van der Waals surface area contributed by atoms with E-state index in [9.17, 15) is 4.79 Å². The van der Waals surface area contributed by atoms with Crippen molar-refractivity contribution < 1.29 is 4.79 Å². The lowest BCUT2D eigenvalue weighted by atomic mass is 10.1. The molecule has 1 aliphatic rings. The summed E-state index contributed by atoms with van der Waals surface area (Å²) in [5.41, 5.74) is 3.28. The maximum absolute atomic E-state index is 12.4. The van der Waals surface area contributed by atoms with E-state index in [-0.39, 0.29) is 5.91 Å². The van der Waals surface area contributed by atoms with Crippen LogP contribution < -0.4 is 5.32 Å². The van der Waals surface area contributed by atoms with Crippen LogP contribution in [0.25, 0.3) is 0 Å². The molecule has 0 saturated carbocycles. The van der Waals surface area contributed by atoms with Crippen molar-refractivity contribution in [1.82, 2.24) is 4.90 Å². The Morgan fingerprint density at radius 2 is 2.18 bits per heavy atom. The third-order valence-corrected chi connectivity index (χ3v) is 5.43. The van der Waals surface area contributed by atoms with E-state index in [0.717, 1.165) is 24.2 Å². The minimum atomic E-state index is 0.0807. The first-order valence-electron chi connectivity index (χ1n) is 7.78. The van der Waals surface area contributed by atoms with Crippen LogP contribution in [0.1, 0.15) is 34.9 Å². The Labute approximate surface area is 136 Å². The Bertz CT molecular complexity index is 651. The second-order valence-corrected chi connectivity index (χ2v) is 6.92. The zero-order chi connectivity index (χ0) is 15.5. The summed E-state index contributed by atoms with van der Waals surface area (Å²) < 4.78 is 0. The van der Waals surface area contributed by atoms with Crippen LogP contribution in [0.2, 0.25) is 0 Å². The van der Waals surface area contributed by atoms with E-state index in [0.29, 0.717) is 12.6 Å². The van der Waals surface area contributed by atoms with Gasteiger partial charge in [-0.2, -0.15) is 0 Å². The fourth-order valence-electron chi connectivity index (χ4n) is 3.08. The maximum Gasteiger partial charge on any atom is 0.238 e. The van der Waals surface area contributed by atoms with E-state index in [1.54, 1.807) is 11.3 Å². The number of thiophene rings is 1. The summed E-state index contributed by atoms with van der Waals surface area (Å²) in [5, 5.41) is 5.18. The zero-order valence-corrected chi connectivity index (χ0v) is 14.0. The standard InChI is InChI=1S/C18H22N2OS/c1-13-6-3-7-15(14(13)2)19-18(21)12-20-10-4-8-16(20)17-9-5-11-22-17/h3,5-7,9,11,16H,4,8,10,12H2,1-2H3,(H,19,21)/t16-/m1/s1. The fourth-order valence-corrected chi connectivity index (χ4v) is 3.97. The van der Waals surface area contributed by atoms with Crippen molar-refractivity contribution in [3.8, 4) is 0 Å². The fraction of sp³-hybridized carbons (Fsp3) is 0.389. The molecule has 1 saturated heterocycles. The van der Waals surface area contributed by atoms with E-state index in [2.05, 4.69) is 47.6 Å². The van der Waals surface area contributed by atoms with Gasteiger partial charge in [-0.25, -0.2) is 0 Å². The number of rotatable bonds is 4. The van der Waals surface area contributed by atoms with Gasteiger partial charge in [0.05, 0.1) is 6.54 Å². The Morgan fingerprint density at radius 3 is 2.95 bits per heavy atom. The molecule has 1 amide bonds. The minimum Gasteiger partial charge on any atom is -0.325 e. The normalized spacial score (nSPS) is 18.5. The molecular weight excluding hydrogens is 292 g/mol. The average molecular weight is 314 g/mol. The molecule has 1 atom stereocenters. The molecule has 1 aromatic carbocycles. The van der Waals surface area contributed by atoms with Gasteiger partial charge in [0, 0.05) is 16.6 Å². The van der Waals surface area contributed by atoms with Gasteiger partial charge >= 0.3 is 0 Å². The Morgan fingerprint density at radius 1 is 1.32 bits per heavy atom. The quantitative estimate of drug-likeness (QED) is 0.920. The van der Waals surface area contributed by atoms with Gasteiger partial charge in [0.1, 0.15) is 0 Å². The maximum atomic E-state index is 12.4. The van der Waals surface area contributed by atoms with Crippen molar-refractivity contribution >= 4 is 22.9 Å². The lowest BCUT2D eigenvalue weighted by Crippen LogP contribution is -2.32. The molecular formula is C18H22N2OS. The smallest absolute Gasteiger partial charge is 0.238 e. The molecule has 0 aliphatic carbocycles. The molecule has 3 nitrogen and oxygen atoms in total. The average Bonchev–Trinajstić information content (AvgIpc) is 3.14. The van der Waals surface area contributed by atoms with Gasteiger partial charge in [-0.15, -0.1) is 11.3 Å². The lowest BCUT2D eigenvalue weighted by Gasteiger charge is -2.23. The van der Waals surface area contributed by atoms with Crippen molar-refractivity contribution in [2.24, 2.45) is 0 Å². The molecule has 1 N–H and O–H groups in total. The summed E-state index contributed by atoms with van der Waals surface area (Å²) >= 11 is 1.79. The molecule has 4 heteroatoms. The predicted octanol–water partition coefficient (Wildman–Crippen LogP) is 4.14. The number of carbonyl (C=O) groups excluding carboxylic acids is 1. The van der Waals surface area contributed by atoms with E-state index >= 15 is 0 Å². The highest BCUT2D eigenvalue weighted by Gasteiger charge is 2.28. The highest BCUT2D eigenvalue weighted by atomic mass is 32.1. The SMILES string of the molecule is Cc1cccc(NC(=O)CN2CCC[C@@H]2c2cccs2)c1C. The third-order valence-electron chi connectivity index (χ3n) is 4.46. The number of likely N-dealkylation sites (tertiary alicyclic amines) is 1. The molecule has 0 spiro atoms. The summed E-state index contributed by atoms with van der Waals surface area (Å²) in [6.45, 7) is 5.59. The Kier molecular flexibility index (Phi) is 4.60. The number of hydrogen-bond donors (Lipinski definition) is 1. The van der Waals surface area contributed by atoms with Gasteiger partial charge in [0.25, 0.3) is 0 Å². The lowest BCUT2D eigenvalue weighted by molar-refractivity contribution is -0.117. The number of nitrogens with zero attached hydrogens (tertiary/aromatic N) is 1. The predicted molar refractivity (Wildman–Crippen MR) is 92.4 cm³/mol. The van der Waals surface area contributed by atoms with Gasteiger partial charge in [-0.05, 0) is 61.9 Å². The first-order chi connectivity index (χ1) is 10.6. The van der Waals surface area contributed by atoms with E-state index in [1.807, 2.05) is 12.1 Å². The van der Waals surface area contributed by atoms with Gasteiger partial charge in [-0.3, -0.25) is 9.69 Å². The number of anilines is 1. The van der Waals surface area contributed by atoms with Crippen LogP contribution in [0.4, 0.5) is 5.69 Å². The van der Waals surface area contributed by atoms with Crippen molar-refractivity contribution in [3.05, 3.63) is 51.7 Å². The molecule has 1 fully saturated rings. The number of benzene rings is 1.